The number of nitrogens with one attached hydrogen (secondary N) is 2. The van der Waals surface area contributed by atoms with Crippen molar-refractivity contribution >= 4 is 29.0 Å². The van der Waals surface area contributed by atoms with Gasteiger partial charge in [0.15, 0.2) is 11.6 Å². The average Bonchev–Trinajstić information content (AvgIpc) is 2.58. The Labute approximate surface area is 147 Å². The van der Waals surface area contributed by atoms with Crippen LogP contribution < -0.4 is 10.6 Å². The van der Waals surface area contributed by atoms with Gasteiger partial charge in [0.05, 0.1) is 5.56 Å². The van der Waals surface area contributed by atoms with Gasteiger partial charge in [-0.2, -0.15) is 0 Å². The molecule has 26 heavy (non-hydrogen) atoms. The number of rotatable bonds is 5. The Morgan fingerprint density at radius 3 is 2.19 bits per heavy atom. The molecule has 6 nitrogen and oxygen atoms in total. The number of aryl methyl sites for hydroxylation is 1. The third-order valence-corrected chi connectivity index (χ3v) is 3.41. The fraction of sp³-hybridized carbons (Fsp3) is 0.0556. The van der Waals surface area contributed by atoms with Crippen molar-refractivity contribution < 1.29 is 18.7 Å². The first kappa shape index (κ1) is 17.3. The van der Waals surface area contributed by atoms with E-state index in [1.165, 1.54) is 18.2 Å². The molecule has 3 rings (SSSR count). The van der Waals surface area contributed by atoms with Gasteiger partial charge >= 0.3 is 5.97 Å². The quantitative estimate of drug-likeness (QED) is 0.634. The summed E-state index contributed by atoms with van der Waals surface area (Å²) < 4.78 is 26.3. The number of hydrogen-bond acceptors (Lipinski definition) is 5. The summed E-state index contributed by atoms with van der Waals surface area (Å²) in [6.45, 7) is 1.68. The van der Waals surface area contributed by atoms with Crippen LogP contribution in [0.4, 0.5) is 31.8 Å². The van der Waals surface area contributed by atoms with Crippen molar-refractivity contribution in [2.75, 3.05) is 10.6 Å². The second-order valence-electron chi connectivity index (χ2n) is 5.45. The fourth-order valence-electron chi connectivity index (χ4n) is 2.30. The molecule has 0 bridgehead atoms. The van der Waals surface area contributed by atoms with Gasteiger partial charge < -0.3 is 15.7 Å². The largest absolute Gasteiger partial charge is 0.478 e. The molecule has 0 aliphatic carbocycles. The van der Waals surface area contributed by atoms with Gasteiger partial charge in [-0.15, -0.1) is 0 Å². The fourth-order valence-corrected chi connectivity index (χ4v) is 2.30. The summed E-state index contributed by atoms with van der Waals surface area (Å²) in [6.07, 6.45) is 0. The number of hydrogen-bond donors (Lipinski definition) is 3. The van der Waals surface area contributed by atoms with Crippen LogP contribution in [0.5, 0.6) is 0 Å². The molecule has 0 unspecified atom stereocenters. The Morgan fingerprint density at radius 1 is 0.923 bits per heavy atom. The van der Waals surface area contributed by atoms with E-state index in [0.29, 0.717) is 28.8 Å². The zero-order valence-electron chi connectivity index (χ0n) is 13.6. The maximum Gasteiger partial charge on any atom is 0.335 e. The van der Waals surface area contributed by atoms with Crippen LogP contribution in [0.2, 0.25) is 0 Å². The SMILES string of the molecule is Cc1nc(Nc2cccc(C(=O)O)c2)cc(Nc2ccc(F)c(F)c2)n1. The number of aromatic nitrogens is 2. The van der Waals surface area contributed by atoms with Crippen molar-refractivity contribution in [1.82, 2.24) is 9.97 Å². The van der Waals surface area contributed by atoms with Crippen molar-refractivity contribution in [3.8, 4) is 0 Å². The minimum atomic E-state index is -1.03. The average molecular weight is 356 g/mol. The predicted molar refractivity (Wildman–Crippen MR) is 93.1 cm³/mol. The second-order valence-corrected chi connectivity index (χ2v) is 5.45. The molecular weight excluding hydrogens is 342 g/mol. The Hall–Kier alpha value is -3.55. The molecular formula is C18H14F2N4O2. The lowest BCUT2D eigenvalue weighted by Gasteiger charge is -2.11. The monoisotopic (exact) mass is 356 g/mol. The van der Waals surface area contributed by atoms with Crippen LogP contribution in [0.15, 0.2) is 48.5 Å². The topological polar surface area (TPSA) is 87.1 Å². The minimum Gasteiger partial charge on any atom is -0.478 e. The first-order chi connectivity index (χ1) is 12.4. The molecule has 0 aliphatic heterocycles. The zero-order valence-corrected chi connectivity index (χ0v) is 13.6. The van der Waals surface area contributed by atoms with E-state index in [0.717, 1.165) is 12.1 Å². The molecule has 0 saturated heterocycles. The molecule has 3 N–H and O–H groups in total. The van der Waals surface area contributed by atoms with Gasteiger partial charge in [-0.1, -0.05) is 6.07 Å². The van der Waals surface area contributed by atoms with Crippen molar-refractivity contribution in [2.45, 2.75) is 6.92 Å². The van der Waals surface area contributed by atoms with Crippen molar-refractivity contribution in [3.05, 3.63) is 71.6 Å². The first-order valence-corrected chi connectivity index (χ1v) is 7.59. The molecule has 0 aliphatic rings. The van der Waals surface area contributed by atoms with Gasteiger partial charge in [-0.25, -0.2) is 23.5 Å². The summed E-state index contributed by atoms with van der Waals surface area (Å²) in [7, 11) is 0. The van der Waals surface area contributed by atoms with Crippen LogP contribution in [0.1, 0.15) is 16.2 Å². The first-order valence-electron chi connectivity index (χ1n) is 7.59. The number of anilines is 4. The third-order valence-electron chi connectivity index (χ3n) is 3.41. The molecule has 0 fully saturated rings. The van der Waals surface area contributed by atoms with E-state index in [1.807, 2.05) is 0 Å². The molecule has 0 saturated carbocycles. The van der Waals surface area contributed by atoms with E-state index in [2.05, 4.69) is 20.6 Å². The number of carboxylic acid groups (broad SMARTS) is 1. The van der Waals surface area contributed by atoms with E-state index in [1.54, 1.807) is 25.1 Å². The number of carboxylic acids is 1. The highest BCUT2D eigenvalue weighted by atomic mass is 19.2. The van der Waals surface area contributed by atoms with Gasteiger partial charge in [0, 0.05) is 23.5 Å². The summed E-state index contributed by atoms with van der Waals surface area (Å²) in [5, 5.41) is 14.9. The maximum absolute atomic E-state index is 13.3. The molecule has 2 aromatic carbocycles. The smallest absolute Gasteiger partial charge is 0.335 e. The zero-order chi connectivity index (χ0) is 18.7. The van der Waals surface area contributed by atoms with Crippen LogP contribution in [-0.2, 0) is 0 Å². The number of halogens is 2. The van der Waals surface area contributed by atoms with Gasteiger partial charge in [0.2, 0.25) is 0 Å². The lowest BCUT2D eigenvalue weighted by atomic mass is 10.2. The number of benzene rings is 2. The Balaban J connectivity index is 1.84. The third kappa shape index (κ3) is 4.10. The van der Waals surface area contributed by atoms with Crippen molar-refractivity contribution in [1.29, 1.82) is 0 Å². The maximum atomic E-state index is 13.3. The highest BCUT2D eigenvalue weighted by Crippen LogP contribution is 2.22. The Kier molecular flexibility index (Phi) is 4.74. The molecule has 0 spiro atoms. The lowest BCUT2D eigenvalue weighted by Crippen LogP contribution is -2.03. The van der Waals surface area contributed by atoms with Gasteiger partial charge in [-0.05, 0) is 37.3 Å². The molecule has 0 amide bonds. The van der Waals surface area contributed by atoms with Gasteiger partial charge in [0.1, 0.15) is 17.5 Å². The van der Waals surface area contributed by atoms with Crippen molar-refractivity contribution in [3.63, 3.8) is 0 Å². The normalized spacial score (nSPS) is 10.4. The molecule has 1 heterocycles. The Bertz CT molecular complexity index is 979. The second kappa shape index (κ2) is 7.14. The molecule has 0 atom stereocenters. The van der Waals surface area contributed by atoms with E-state index in [-0.39, 0.29) is 5.56 Å². The lowest BCUT2D eigenvalue weighted by molar-refractivity contribution is 0.0697. The summed E-state index contributed by atoms with van der Waals surface area (Å²) in [6, 6.07) is 11.3. The van der Waals surface area contributed by atoms with Gasteiger partial charge in [0.25, 0.3) is 0 Å². The highest BCUT2D eigenvalue weighted by molar-refractivity contribution is 5.89. The molecule has 3 aromatic rings. The van der Waals surface area contributed by atoms with E-state index in [4.69, 9.17) is 5.11 Å². The number of aromatic carboxylic acids is 1. The van der Waals surface area contributed by atoms with Crippen LogP contribution in [0.25, 0.3) is 0 Å². The van der Waals surface area contributed by atoms with E-state index < -0.39 is 17.6 Å². The van der Waals surface area contributed by atoms with Crippen LogP contribution >= 0.6 is 0 Å². The summed E-state index contributed by atoms with van der Waals surface area (Å²) in [5.41, 5.74) is 1.02. The minimum absolute atomic E-state index is 0.140. The number of carbonyl (C=O) groups is 1. The predicted octanol–water partition coefficient (Wildman–Crippen LogP) is 4.25. The summed E-state index contributed by atoms with van der Waals surface area (Å²) in [4.78, 5) is 19.5. The van der Waals surface area contributed by atoms with E-state index in [9.17, 15) is 13.6 Å². The molecule has 8 heteroatoms. The standard InChI is InChI=1S/C18H14F2N4O2/c1-10-21-16(23-12-4-2-3-11(7-12)18(25)26)9-17(22-10)24-13-5-6-14(19)15(20)8-13/h2-9H,1H3,(H,25,26)(H2,21,22,23,24). The molecule has 1 aromatic heterocycles. The molecule has 0 radical (unpaired) electrons. The highest BCUT2D eigenvalue weighted by Gasteiger charge is 2.08. The van der Waals surface area contributed by atoms with Crippen LogP contribution in [0, 0.1) is 18.6 Å². The summed E-state index contributed by atoms with van der Waals surface area (Å²) in [5.74, 6) is -1.70. The van der Waals surface area contributed by atoms with Crippen LogP contribution in [0.3, 0.4) is 0 Å². The van der Waals surface area contributed by atoms with Crippen LogP contribution in [-0.4, -0.2) is 21.0 Å². The number of nitrogens with zero attached hydrogens (tertiary/aromatic N) is 2. The molecule has 132 valence electrons. The Morgan fingerprint density at radius 2 is 1.58 bits per heavy atom. The van der Waals surface area contributed by atoms with E-state index >= 15 is 0 Å². The van der Waals surface area contributed by atoms with Gasteiger partial charge in [-0.3, -0.25) is 0 Å². The van der Waals surface area contributed by atoms with Crippen molar-refractivity contribution in [2.24, 2.45) is 0 Å². The summed E-state index contributed by atoms with van der Waals surface area (Å²) >= 11 is 0.